The third-order valence-corrected chi connectivity index (χ3v) is 5.02. The molecule has 1 N–H and O–H groups in total. The van der Waals surface area contributed by atoms with E-state index >= 15 is 0 Å². The molecule has 5 heteroatoms. The highest BCUT2D eigenvalue weighted by molar-refractivity contribution is 7.20. The highest BCUT2D eigenvalue weighted by Gasteiger charge is 2.15. The van der Waals surface area contributed by atoms with Crippen molar-refractivity contribution in [3.05, 3.63) is 59.0 Å². The number of methoxy groups -OCH3 is 2. The molecule has 0 bridgehead atoms. The molecule has 0 radical (unpaired) electrons. The molecular weight excluding hydrogens is 322 g/mol. The van der Waals surface area contributed by atoms with Crippen molar-refractivity contribution in [3.63, 3.8) is 0 Å². The Bertz CT molecular complexity index is 839. The van der Waals surface area contributed by atoms with Gasteiger partial charge in [0.1, 0.15) is 0 Å². The molecule has 0 aliphatic carbocycles. The first-order chi connectivity index (χ1) is 11.6. The minimum Gasteiger partial charge on any atom is -0.493 e. The van der Waals surface area contributed by atoms with Crippen molar-refractivity contribution in [2.75, 3.05) is 14.2 Å². The molecule has 0 saturated heterocycles. The van der Waals surface area contributed by atoms with Crippen LogP contribution in [0.1, 0.15) is 28.2 Å². The fourth-order valence-electron chi connectivity index (χ4n) is 2.57. The third kappa shape index (κ3) is 3.21. The van der Waals surface area contributed by atoms with E-state index < -0.39 is 0 Å². The van der Waals surface area contributed by atoms with Gasteiger partial charge in [-0.25, -0.2) is 0 Å². The Labute approximate surface area is 145 Å². The quantitative estimate of drug-likeness (QED) is 0.748. The molecule has 3 aromatic rings. The van der Waals surface area contributed by atoms with E-state index in [0.29, 0.717) is 16.4 Å². The van der Waals surface area contributed by atoms with Crippen LogP contribution >= 0.6 is 11.3 Å². The van der Waals surface area contributed by atoms with E-state index in [-0.39, 0.29) is 11.9 Å². The van der Waals surface area contributed by atoms with E-state index in [0.717, 1.165) is 15.6 Å². The monoisotopic (exact) mass is 341 g/mol. The molecule has 1 unspecified atom stereocenters. The molecule has 0 aliphatic rings. The number of rotatable bonds is 5. The smallest absolute Gasteiger partial charge is 0.261 e. The SMILES string of the molecule is COc1ccc(C(C)NC(=O)c2cc3ccccc3s2)cc1OC. The Kier molecular flexibility index (Phi) is 4.71. The molecule has 2 aromatic carbocycles. The van der Waals surface area contributed by atoms with Crippen molar-refractivity contribution in [3.8, 4) is 11.5 Å². The van der Waals surface area contributed by atoms with Gasteiger partial charge in [0.2, 0.25) is 0 Å². The van der Waals surface area contributed by atoms with Gasteiger partial charge in [-0.3, -0.25) is 4.79 Å². The molecule has 0 spiro atoms. The number of hydrogen-bond acceptors (Lipinski definition) is 4. The van der Waals surface area contributed by atoms with Crippen LogP contribution in [-0.4, -0.2) is 20.1 Å². The Morgan fingerprint density at radius 3 is 2.50 bits per heavy atom. The summed E-state index contributed by atoms with van der Waals surface area (Å²) in [7, 11) is 3.20. The molecule has 3 rings (SSSR count). The number of fused-ring (bicyclic) bond motifs is 1. The fraction of sp³-hybridized carbons (Fsp3) is 0.211. The lowest BCUT2D eigenvalue weighted by molar-refractivity contribution is 0.0944. The molecule has 24 heavy (non-hydrogen) atoms. The van der Waals surface area contributed by atoms with Crippen LogP contribution < -0.4 is 14.8 Å². The summed E-state index contributed by atoms with van der Waals surface area (Å²) in [6.07, 6.45) is 0. The summed E-state index contributed by atoms with van der Waals surface area (Å²) in [4.78, 5) is 13.2. The summed E-state index contributed by atoms with van der Waals surface area (Å²) in [6.45, 7) is 1.95. The first-order valence-electron chi connectivity index (χ1n) is 7.63. The average Bonchev–Trinajstić information content (AvgIpc) is 3.05. The first-order valence-corrected chi connectivity index (χ1v) is 8.45. The number of carbonyl (C=O) groups excluding carboxylic acids is 1. The molecule has 4 nitrogen and oxygen atoms in total. The number of carbonyl (C=O) groups is 1. The van der Waals surface area contributed by atoms with E-state index in [1.54, 1.807) is 14.2 Å². The molecular formula is C19H19NO3S. The molecule has 0 fully saturated rings. The van der Waals surface area contributed by atoms with Crippen LogP contribution in [0, 0.1) is 0 Å². The minimum absolute atomic E-state index is 0.0708. The van der Waals surface area contributed by atoms with Crippen LogP contribution in [0.4, 0.5) is 0 Å². The van der Waals surface area contributed by atoms with E-state index in [4.69, 9.17) is 9.47 Å². The summed E-state index contributed by atoms with van der Waals surface area (Å²) in [5, 5.41) is 4.13. The maximum Gasteiger partial charge on any atom is 0.261 e. The lowest BCUT2D eigenvalue weighted by Gasteiger charge is -2.16. The van der Waals surface area contributed by atoms with Crippen LogP contribution in [0.25, 0.3) is 10.1 Å². The van der Waals surface area contributed by atoms with Gasteiger partial charge in [0.15, 0.2) is 11.5 Å². The molecule has 0 aliphatic heterocycles. The zero-order valence-electron chi connectivity index (χ0n) is 13.8. The van der Waals surface area contributed by atoms with Crippen molar-refractivity contribution in [1.82, 2.24) is 5.32 Å². The summed E-state index contributed by atoms with van der Waals surface area (Å²) in [6, 6.07) is 15.4. The Morgan fingerprint density at radius 1 is 1.04 bits per heavy atom. The maximum atomic E-state index is 12.5. The predicted molar refractivity (Wildman–Crippen MR) is 97.3 cm³/mol. The molecule has 1 heterocycles. The minimum atomic E-state index is -0.137. The van der Waals surface area contributed by atoms with Crippen LogP contribution in [0.5, 0.6) is 11.5 Å². The van der Waals surface area contributed by atoms with E-state index in [1.165, 1.54) is 11.3 Å². The zero-order chi connectivity index (χ0) is 17.1. The highest BCUT2D eigenvalue weighted by atomic mass is 32.1. The van der Waals surface area contributed by atoms with Gasteiger partial charge >= 0.3 is 0 Å². The van der Waals surface area contributed by atoms with Crippen molar-refractivity contribution in [2.45, 2.75) is 13.0 Å². The van der Waals surface area contributed by atoms with Gasteiger partial charge in [-0.1, -0.05) is 24.3 Å². The van der Waals surface area contributed by atoms with Crippen molar-refractivity contribution >= 4 is 27.3 Å². The van der Waals surface area contributed by atoms with Gasteiger partial charge in [0.25, 0.3) is 5.91 Å². The van der Waals surface area contributed by atoms with Crippen LogP contribution in [0.3, 0.4) is 0 Å². The number of ether oxygens (including phenoxy) is 2. The van der Waals surface area contributed by atoms with Crippen molar-refractivity contribution < 1.29 is 14.3 Å². The topological polar surface area (TPSA) is 47.6 Å². The van der Waals surface area contributed by atoms with E-state index in [1.807, 2.05) is 55.5 Å². The average molecular weight is 341 g/mol. The molecule has 1 aromatic heterocycles. The molecule has 124 valence electrons. The number of benzene rings is 2. The van der Waals surface area contributed by atoms with Gasteiger partial charge in [-0.05, 0) is 42.1 Å². The highest BCUT2D eigenvalue weighted by Crippen LogP contribution is 2.30. The van der Waals surface area contributed by atoms with E-state index in [2.05, 4.69) is 5.32 Å². The third-order valence-electron chi connectivity index (χ3n) is 3.90. The molecule has 0 saturated carbocycles. The Hall–Kier alpha value is -2.53. The van der Waals surface area contributed by atoms with Gasteiger partial charge in [-0.15, -0.1) is 11.3 Å². The summed E-state index contributed by atoms with van der Waals surface area (Å²) in [5.41, 5.74) is 0.960. The van der Waals surface area contributed by atoms with Crippen molar-refractivity contribution in [2.24, 2.45) is 0 Å². The molecule has 1 atom stereocenters. The predicted octanol–water partition coefficient (Wildman–Crippen LogP) is 4.41. The number of thiophene rings is 1. The Morgan fingerprint density at radius 2 is 1.79 bits per heavy atom. The number of hydrogen-bond donors (Lipinski definition) is 1. The van der Waals surface area contributed by atoms with Gasteiger partial charge < -0.3 is 14.8 Å². The van der Waals surface area contributed by atoms with Crippen molar-refractivity contribution in [1.29, 1.82) is 0 Å². The normalized spacial score (nSPS) is 12.0. The van der Waals surface area contributed by atoms with Crippen LogP contribution in [0.2, 0.25) is 0 Å². The van der Waals surface area contributed by atoms with E-state index in [9.17, 15) is 4.79 Å². The summed E-state index contributed by atoms with van der Waals surface area (Å²) in [5.74, 6) is 1.25. The summed E-state index contributed by atoms with van der Waals surface area (Å²) < 4.78 is 11.7. The lowest BCUT2D eigenvalue weighted by atomic mass is 10.1. The second-order valence-electron chi connectivity index (χ2n) is 5.46. The number of nitrogens with one attached hydrogen (secondary N) is 1. The lowest BCUT2D eigenvalue weighted by Crippen LogP contribution is -2.25. The maximum absolute atomic E-state index is 12.5. The van der Waals surface area contributed by atoms with Gasteiger partial charge in [-0.2, -0.15) is 0 Å². The first kappa shape index (κ1) is 16.3. The summed E-state index contributed by atoms with van der Waals surface area (Å²) >= 11 is 1.50. The standard InChI is InChI=1S/C19H19NO3S/c1-12(13-8-9-15(22-2)16(10-13)23-3)20-19(21)18-11-14-6-4-5-7-17(14)24-18/h4-12H,1-3H3,(H,20,21). The van der Waals surface area contributed by atoms with Crippen LogP contribution in [-0.2, 0) is 0 Å². The molecule has 1 amide bonds. The second-order valence-corrected chi connectivity index (χ2v) is 6.54. The van der Waals surface area contributed by atoms with Gasteiger partial charge in [0, 0.05) is 4.70 Å². The van der Waals surface area contributed by atoms with Gasteiger partial charge in [0.05, 0.1) is 25.1 Å². The van der Waals surface area contributed by atoms with Crippen LogP contribution in [0.15, 0.2) is 48.5 Å². The zero-order valence-corrected chi connectivity index (χ0v) is 14.6. The Balaban J connectivity index is 1.78. The number of amides is 1. The largest absolute Gasteiger partial charge is 0.493 e. The second kappa shape index (κ2) is 6.93. The fourth-order valence-corrected chi connectivity index (χ4v) is 3.53.